The van der Waals surface area contributed by atoms with E-state index in [4.69, 9.17) is 4.42 Å². The Kier molecular flexibility index (Phi) is 4.51. The zero-order valence-electron chi connectivity index (χ0n) is 12.8. The molecule has 1 aliphatic carbocycles. The summed E-state index contributed by atoms with van der Waals surface area (Å²) in [5.41, 5.74) is 1.68. The summed E-state index contributed by atoms with van der Waals surface area (Å²) < 4.78 is 5.53. The molecule has 0 spiro atoms. The Labute approximate surface area is 130 Å². The number of carbonyl (C=O) groups excluding carboxylic acids is 1. The van der Waals surface area contributed by atoms with Crippen LogP contribution < -0.4 is 5.32 Å². The molecule has 116 valence electrons. The van der Waals surface area contributed by atoms with Crippen LogP contribution in [-0.4, -0.2) is 16.1 Å². The molecule has 0 bridgehead atoms. The fraction of sp³-hybridized carbons (Fsp3) is 0.471. The first kappa shape index (κ1) is 14.8. The number of amides is 1. The molecule has 1 amide bonds. The van der Waals surface area contributed by atoms with Gasteiger partial charge in [-0.2, -0.15) is 0 Å². The fourth-order valence-corrected chi connectivity index (χ4v) is 2.82. The first-order valence-corrected chi connectivity index (χ1v) is 8.00. The normalized spacial score (nSPS) is 15.7. The van der Waals surface area contributed by atoms with E-state index in [1.54, 1.807) is 0 Å². The van der Waals surface area contributed by atoms with E-state index in [2.05, 4.69) is 15.5 Å². The van der Waals surface area contributed by atoms with Crippen LogP contribution in [0.1, 0.15) is 44.9 Å². The summed E-state index contributed by atoms with van der Waals surface area (Å²) in [6, 6.07) is 7.55. The van der Waals surface area contributed by atoms with Crippen LogP contribution in [0.3, 0.4) is 0 Å². The summed E-state index contributed by atoms with van der Waals surface area (Å²) in [6.45, 7) is 1.97. The predicted molar refractivity (Wildman–Crippen MR) is 84.3 cm³/mol. The third kappa shape index (κ3) is 3.35. The summed E-state index contributed by atoms with van der Waals surface area (Å²) in [7, 11) is 0. The van der Waals surface area contributed by atoms with Crippen LogP contribution >= 0.6 is 0 Å². The molecule has 5 heteroatoms. The molecule has 5 nitrogen and oxygen atoms in total. The Morgan fingerprint density at radius 2 is 1.91 bits per heavy atom. The molecular formula is C17H21N3O2. The van der Waals surface area contributed by atoms with E-state index in [9.17, 15) is 4.79 Å². The van der Waals surface area contributed by atoms with Gasteiger partial charge in [-0.3, -0.25) is 4.79 Å². The average Bonchev–Trinajstić information content (AvgIpc) is 3.05. The van der Waals surface area contributed by atoms with Crippen molar-refractivity contribution in [1.82, 2.24) is 10.2 Å². The summed E-state index contributed by atoms with van der Waals surface area (Å²) in [5, 5.41) is 11.0. The Morgan fingerprint density at radius 3 is 2.55 bits per heavy atom. The number of rotatable bonds is 4. The van der Waals surface area contributed by atoms with Gasteiger partial charge >= 0.3 is 0 Å². The number of nitrogens with one attached hydrogen (secondary N) is 1. The van der Waals surface area contributed by atoms with Gasteiger partial charge in [0.2, 0.25) is 17.7 Å². The molecular weight excluding hydrogens is 278 g/mol. The van der Waals surface area contributed by atoms with Gasteiger partial charge in [0.05, 0.1) is 0 Å². The summed E-state index contributed by atoms with van der Waals surface area (Å²) in [5.74, 6) is 1.45. The number of nitrogens with zero attached hydrogens (tertiary/aromatic N) is 2. The van der Waals surface area contributed by atoms with E-state index in [-0.39, 0.29) is 11.8 Å². The molecule has 0 aliphatic heterocycles. The van der Waals surface area contributed by atoms with Gasteiger partial charge in [0.1, 0.15) is 0 Å². The van der Waals surface area contributed by atoms with Crippen molar-refractivity contribution >= 4 is 11.6 Å². The minimum atomic E-state index is 0.138. The van der Waals surface area contributed by atoms with Crippen molar-refractivity contribution in [3.63, 3.8) is 0 Å². The number of hydrogen-bond acceptors (Lipinski definition) is 4. The molecule has 1 aliphatic rings. The van der Waals surface area contributed by atoms with Crippen LogP contribution in [0, 0.1) is 5.92 Å². The zero-order valence-corrected chi connectivity index (χ0v) is 12.8. The van der Waals surface area contributed by atoms with Crippen molar-refractivity contribution in [2.75, 3.05) is 5.32 Å². The molecule has 1 saturated carbocycles. The van der Waals surface area contributed by atoms with Gasteiger partial charge in [-0.25, -0.2) is 0 Å². The fourth-order valence-electron chi connectivity index (χ4n) is 2.82. The third-order valence-corrected chi connectivity index (χ3v) is 4.14. The lowest BCUT2D eigenvalue weighted by atomic mass is 9.88. The van der Waals surface area contributed by atoms with E-state index in [1.165, 1.54) is 6.42 Å². The van der Waals surface area contributed by atoms with Crippen LogP contribution in [0.5, 0.6) is 0 Å². The Balaban J connectivity index is 1.64. The van der Waals surface area contributed by atoms with E-state index in [1.807, 2.05) is 31.2 Å². The van der Waals surface area contributed by atoms with Crippen molar-refractivity contribution in [3.05, 3.63) is 30.2 Å². The molecule has 0 unspecified atom stereocenters. The van der Waals surface area contributed by atoms with Crippen molar-refractivity contribution < 1.29 is 9.21 Å². The second kappa shape index (κ2) is 6.73. The molecule has 1 N–H and O–H groups in total. The minimum absolute atomic E-state index is 0.138. The van der Waals surface area contributed by atoms with Gasteiger partial charge in [0.15, 0.2) is 0 Å². The Hall–Kier alpha value is -2.17. The maximum Gasteiger partial charge on any atom is 0.247 e. The van der Waals surface area contributed by atoms with Crippen molar-refractivity contribution in [1.29, 1.82) is 0 Å². The Morgan fingerprint density at radius 1 is 1.18 bits per heavy atom. The van der Waals surface area contributed by atoms with Gasteiger partial charge in [-0.15, -0.1) is 10.2 Å². The maximum absolute atomic E-state index is 12.2. The highest BCUT2D eigenvalue weighted by Crippen LogP contribution is 2.26. The number of aryl methyl sites for hydroxylation is 1. The summed E-state index contributed by atoms with van der Waals surface area (Å²) in [4.78, 5) is 12.2. The topological polar surface area (TPSA) is 68.0 Å². The van der Waals surface area contributed by atoms with Crippen molar-refractivity contribution in [3.8, 4) is 11.5 Å². The van der Waals surface area contributed by atoms with Crippen molar-refractivity contribution in [2.24, 2.45) is 5.92 Å². The van der Waals surface area contributed by atoms with Crippen LogP contribution in [0.15, 0.2) is 28.7 Å². The van der Waals surface area contributed by atoms with E-state index in [0.29, 0.717) is 11.8 Å². The van der Waals surface area contributed by atoms with Gasteiger partial charge < -0.3 is 9.73 Å². The molecule has 1 fully saturated rings. The molecule has 3 rings (SSSR count). The number of anilines is 1. The number of hydrogen-bond donors (Lipinski definition) is 1. The van der Waals surface area contributed by atoms with Gasteiger partial charge in [0.25, 0.3) is 0 Å². The summed E-state index contributed by atoms with van der Waals surface area (Å²) >= 11 is 0. The summed E-state index contributed by atoms with van der Waals surface area (Å²) in [6.07, 6.45) is 6.31. The minimum Gasteiger partial charge on any atom is -0.421 e. The molecule has 22 heavy (non-hydrogen) atoms. The van der Waals surface area contributed by atoms with Crippen LogP contribution in [-0.2, 0) is 11.2 Å². The first-order chi connectivity index (χ1) is 10.8. The Bertz CT molecular complexity index is 628. The average molecular weight is 299 g/mol. The van der Waals surface area contributed by atoms with E-state index < -0.39 is 0 Å². The monoisotopic (exact) mass is 299 g/mol. The highest BCUT2D eigenvalue weighted by molar-refractivity contribution is 5.92. The van der Waals surface area contributed by atoms with E-state index in [0.717, 1.165) is 43.4 Å². The molecule has 2 aromatic rings. The predicted octanol–water partition coefficient (Wildman–Crippen LogP) is 3.82. The standard InChI is InChI=1S/C17H21N3O2/c1-2-15-19-20-17(22-15)13-8-10-14(11-9-13)18-16(21)12-6-4-3-5-7-12/h8-12H,2-7H2,1H3,(H,18,21). The number of aromatic nitrogens is 2. The number of carbonyl (C=O) groups is 1. The van der Waals surface area contributed by atoms with Gasteiger partial charge in [0, 0.05) is 23.6 Å². The van der Waals surface area contributed by atoms with Crippen molar-refractivity contribution in [2.45, 2.75) is 45.4 Å². The quantitative estimate of drug-likeness (QED) is 0.932. The smallest absolute Gasteiger partial charge is 0.247 e. The maximum atomic E-state index is 12.2. The zero-order chi connectivity index (χ0) is 15.4. The molecule has 1 aromatic heterocycles. The second-order valence-electron chi connectivity index (χ2n) is 5.76. The van der Waals surface area contributed by atoms with Crippen LogP contribution in [0.4, 0.5) is 5.69 Å². The lowest BCUT2D eigenvalue weighted by molar-refractivity contribution is -0.120. The lowest BCUT2D eigenvalue weighted by Gasteiger charge is -2.20. The molecule has 0 atom stereocenters. The third-order valence-electron chi connectivity index (χ3n) is 4.14. The molecule has 0 saturated heterocycles. The first-order valence-electron chi connectivity index (χ1n) is 8.00. The van der Waals surface area contributed by atoms with Crippen LogP contribution in [0.25, 0.3) is 11.5 Å². The van der Waals surface area contributed by atoms with Crippen LogP contribution in [0.2, 0.25) is 0 Å². The van der Waals surface area contributed by atoms with E-state index >= 15 is 0 Å². The highest BCUT2D eigenvalue weighted by Gasteiger charge is 2.21. The second-order valence-corrected chi connectivity index (χ2v) is 5.76. The highest BCUT2D eigenvalue weighted by atomic mass is 16.4. The molecule has 1 heterocycles. The SMILES string of the molecule is CCc1nnc(-c2ccc(NC(=O)C3CCCCC3)cc2)o1. The lowest BCUT2D eigenvalue weighted by Crippen LogP contribution is -2.24. The number of benzene rings is 1. The van der Waals surface area contributed by atoms with Gasteiger partial charge in [-0.05, 0) is 37.1 Å². The largest absolute Gasteiger partial charge is 0.421 e. The molecule has 1 aromatic carbocycles. The van der Waals surface area contributed by atoms with Gasteiger partial charge in [-0.1, -0.05) is 26.2 Å². The molecule has 0 radical (unpaired) electrons.